The number of nitrogens with zero attached hydrogens (tertiary/aromatic N) is 4. The minimum atomic E-state index is 0.627. The molecule has 2 heterocycles. The number of aryl methyl sites for hydroxylation is 1. The normalized spacial score (nSPS) is 10.5. The molecule has 0 N–H and O–H groups in total. The van der Waals surface area contributed by atoms with E-state index >= 15 is 0 Å². The zero-order valence-electron chi connectivity index (χ0n) is 8.25. The SMILES string of the molecule is CCc1noc(CSc2cnccn2)n1. The van der Waals surface area contributed by atoms with E-state index < -0.39 is 0 Å². The van der Waals surface area contributed by atoms with Gasteiger partial charge >= 0.3 is 0 Å². The Hall–Kier alpha value is -1.43. The summed E-state index contributed by atoms with van der Waals surface area (Å²) in [5, 5.41) is 4.67. The van der Waals surface area contributed by atoms with Crippen LogP contribution in [0.15, 0.2) is 28.1 Å². The van der Waals surface area contributed by atoms with Crippen molar-refractivity contribution in [1.82, 2.24) is 20.1 Å². The van der Waals surface area contributed by atoms with Crippen molar-refractivity contribution >= 4 is 11.8 Å². The third-order valence-electron chi connectivity index (χ3n) is 1.71. The van der Waals surface area contributed by atoms with E-state index in [1.165, 1.54) is 11.8 Å². The van der Waals surface area contributed by atoms with E-state index in [9.17, 15) is 0 Å². The highest BCUT2D eigenvalue weighted by Gasteiger charge is 2.05. The van der Waals surface area contributed by atoms with Crippen molar-refractivity contribution in [3.63, 3.8) is 0 Å². The first-order valence-corrected chi connectivity index (χ1v) is 5.57. The van der Waals surface area contributed by atoms with Gasteiger partial charge in [0.05, 0.1) is 11.9 Å². The fraction of sp³-hybridized carbons (Fsp3) is 0.333. The van der Waals surface area contributed by atoms with Crippen LogP contribution in [-0.2, 0) is 12.2 Å². The van der Waals surface area contributed by atoms with Gasteiger partial charge in [-0.15, -0.1) is 0 Å². The molecule has 0 saturated heterocycles. The zero-order chi connectivity index (χ0) is 10.5. The van der Waals surface area contributed by atoms with Crippen LogP contribution >= 0.6 is 11.8 Å². The minimum Gasteiger partial charge on any atom is -0.338 e. The van der Waals surface area contributed by atoms with E-state index in [2.05, 4.69) is 20.1 Å². The van der Waals surface area contributed by atoms with Crippen molar-refractivity contribution in [2.24, 2.45) is 0 Å². The number of rotatable bonds is 4. The van der Waals surface area contributed by atoms with Gasteiger partial charge in [0.15, 0.2) is 5.82 Å². The van der Waals surface area contributed by atoms with Crippen molar-refractivity contribution in [1.29, 1.82) is 0 Å². The second-order valence-electron chi connectivity index (χ2n) is 2.79. The fourth-order valence-electron chi connectivity index (χ4n) is 0.988. The smallest absolute Gasteiger partial charge is 0.237 e. The van der Waals surface area contributed by atoms with E-state index in [-0.39, 0.29) is 0 Å². The summed E-state index contributed by atoms with van der Waals surface area (Å²) in [7, 11) is 0. The van der Waals surface area contributed by atoms with Gasteiger partial charge in [-0.25, -0.2) is 4.98 Å². The van der Waals surface area contributed by atoms with Crippen LogP contribution in [0.3, 0.4) is 0 Å². The van der Waals surface area contributed by atoms with Gasteiger partial charge in [-0.2, -0.15) is 4.98 Å². The molecule has 5 nitrogen and oxygen atoms in total. The van der Waals surface area contributed by atoms with E-state index in [0.29, 0.717) is 11.6 Å². The Morgan fingerprint density at radius 3 is 3.00 bits per heavy atom. The molecule has 0 fully saturated rings. The molecule has 15 heavy (non-hydrogen) atoms. The van der Waals surface area contributed by atoms with Crippen LogP contribution in [0.5, 0.6) is 0 Å². The van der Waals surface area contributed by atoms with E-state index in [1.54, 1.807) is 18.6 Å². The topological polar surface area (TPSA) is 64.7 Å². The van der Waals surface area contributed by atoms with Gasteiger partial charge in [-0.1, -0.05) is 23.8 Å². The highest BCUT2D eigenvalue weighted by molar-refractivity contribution is 7.98. The van der Waals surface area contributed by atoms with E-state index in [1.807, 2.05) is 6.92 Å². The Labute approximate surface area is 91.3 Å². The summed E-state index contributed by atoms with van der Waals surface area (Å²) in [6, 6.07) is 0. The molecule has 0 spiro atoms. The molecule has 2 aromatic heterocycles. The highest BCUT2D eigenvalue weighted by atomic mass is 32.2. The molecule has 0 amide bonds. The van der Waals surface area contributed by atoms with Gasteiger partial charge in [0.1, 0.15) is 5.03 Å². The number of hydrogen-bond acceptors (Lipinski definition) is 6. The van der Waals surface area contributed by atoms with Gasteiger partial charge in [0.2, 0.25) is 5.89 Å². The summed E-state index contributed by atoms with van der Waals surface area (Å²) in [6.07, 6.45) is 5.81. The molecule has 0 aliphatic rings. The molecule has 78 valence electrons. The molecule has 0 aromatic carbocycles. The van der Waals surface area contributed by atoms with Crippen molar-refractivity contribution in [3.8, 4) is 0 Å². The Balaban J connectivity index is 1.93. The van der Waals surface area contributed by atoms with Crippen LogP contribution in [0, 0.1) is 0 Å². The number of thioether (sulfide) groups is 1. The predicted molar refractivity (Wildman–Crippen MR) is 55.3 cm³/mol. The molecular formula is C9H10N4OS. The summed E-state index contributed by atoms with van der Waals surface area (Å²) >= 11 is 1.53. The third kappa shape index (κ3) is 2.76. The van der Waals surface area contributed by atoms with E-state index in [4.69, 9.17) is 4.52 Å². The zero-order valence-corrected chi connectivity index (χ0v) is 9.07. The van der Waals surface area contributed by atoms with Crippen LogP contribution in [0.25, 0.3) is 0 Å². The molecule has 0 unspecified atom stereocenters. The first-order valence-electron chi connectivity index (χ1n) is 4.58. The van der Waals surface area contributed by atoms with Gasteiger partial charge in [0.25, 0.3) is 0 Å². The average molecular weight is 222 g/mol. The molecule has 0 aliphatic carbocycles. The van der Waals surface area contributed by atoms with Crippen molar-refractivity contribution in [2.45, 2.75) is 24.1 Å². The Bertz CT molecular complexity index is 417. The predicted octanol–water partition coefficient (Wildman–Crippen LogP) is 1.71. The van der Waals surface area contributed by atoms with Crippen LogP contribution in [0.2, 0.25) is 0 Å². The van der Waals surface area contributed by atoms with Crippen molar-refractivity contribution in [2.75, 3.05) is 0 Å². The summed E-state index contributed by atoms with van der Waals surface area (Å²) in [6.45, 7) is 1.99. The highest BCUT2D eigenvalue weighted by Crippen LogP contribution is 2.18. The quantitative estimate of drug-likeness (QED) is 0.734. The maximum absolute atomic E-state index is 5.05. The largest absolute Gasteiger partial charge is 0.338 e. The summed E-state index contributed by atoms with van der Waals surface area (Å²) in [5.74, 6) is 2.00. The number of aromatic nitrogens is 4. The second-order valence-corrected chi connectivity index (χ2v) is 3.79. The average Bonchev–Trinajstić information content (AvgIpc) is 2.76. The summed E-state index contributed by atoms with van der Waals surface area (Å²) in [4.78, 5) is 12.3. The lowest BCUT2D eigenvalue weighted by Crippen LogP contribution is -1.85. The first kappa shape index (κ1) is 10.1. The van der Waals surface area contributed by atoms with Gasteiger partial charge in [-0.05, 0) is 0 Å². The van der Waals surface area contributed by atoms with Crippen molar-refractivity contribution < 1.29 is 4.52 Å². The van der Waals surface area contributed by atoms with Gasteiger partial charge in [0, 0.05) is 18.8 Å². The lowest BCUT2D eigenvalue weighted by Gasteiger charge is -1.94. The maximum atomic E-state index is 5.05. The van der Waals surface area contributed by atoms with E-state index in [0.717, 1.165) is 17.3 Å². The monoisotopic (exact) mass is 222 g/mol. The molecule has 0 atom stereocenters. The lowest BCUT2D eigenvalue weighted by atomic mass is 10.5. The second kappa shape index (κ2) is 4.88. The van der Waals surface area contributed by atoms with Crippen molar-refractivity contribution in [3.05, 3.63) is 30.3 Å². The fourth-order valence-corrected chi connectivity index (χ4v) is 1.65. The molecule has 0 aliphatic heterocycles. The maximum Gasteiger partial charge on any atom is 0.237 e. The minimum absolute atomic E-state index is 0.627. The molecule has 0 saturated carbocycles. The number of hydrogen-bond donors (Lipinski definition) is 0. The van der Waals surface area contributed by atoms with Crippen LogP contribution in [-0.4, -0.2) is 20.1 Å². The first-order chi connectivity index (χ1) is 7.38. The van der Waals surface area contributed by atoms with Gasteiger partial charge in [-0.3, -0.25) is 4.98 Å². The molecule has 2 aromatic rings. The lowest BCUT2D eigenvalue weighted by molar-refractivity contribution is 0.385. The Kier molecular flexibility index (Phi) is 3.29. The molecule has 0 bridgehead atoms. The van der Waals surface area contributed by atoms with Crippen LogP contribution in [0.4, 0.5) is 0 Å². The molecule has 0 radical (unpaired) electrons. The standard InChI is InChI=1S/C9H10N4OS/c1-2-7-12-8(14-13-7)6-15-9-5-10-3-4-11-9/h3-5H,2,6H2,1H3. The van der Waals surface area contributed by atoms with Crippen LogP contribution < -0.4 is 0 Å². The molecule has 6 heteroatoms. The summed E-state index contributed by atoms with van der Waals surface area (Å²) in [5.41, 5.74) is 0. The Morgan fingerprint density at radius 1 is 1.40 bits per heavy atom. The Morgan fingerprint density at radius 2 is 2.33 bits per heavy atom. The molecule has 2 rings (SSSR count). The third-order valence-corrected chi connectivity index (χ3v) is 2.61. The van der Waals surface area contributed by atoms with Gasteiger partial charge < -0.3 is 4.52 Å². The molecular weight excluding hydrogens is 212 g/mol. The summed E-state index contributed by atoms with van der Waals surface area (Å²) < 4.78 is 5.05. The van der Waals surface area contributed by atoms with Crippen LogP contribution in [0.1, 0.15) is 18.6 Å².